The predicted molar refractivity (Wildman–Crippen MR) is 87.5 cm³/mol. The van der Waals surface area contributed by atoms with Gasteiger partial charge in [-0.25, -0.2) is 4.98 Å². The normalized spacial score (nSPS) is 26.7. The second kappa shape index (κ2) is 6.51. The number of nitrogens with one attached hydrogen (secondary N) is 1. The molecule has 0 aromatic carbocycles. The van der Waals surface area contributed by atoms with E-state index in [1.165, 1.54) is 43.6 Å². The Morgan fingerprint density at radius 3 is 2.90 bits per heavy atom. The van der Waals surface area contributed by atoms with E-state index in [1.807, 2.05) is 0 Å². The van der Waals surface area contributed by atoms with E-state index in [4.69, 9.17) is 4.98 Å². The molecule has 1 N–H and O–H groups in total. The summed E-state index contributed by atoms with van der Waals surface area (Å²) in [7, 11) is 0. The number of hydrogen-bond acceptors (Lipinski definition) is 2. The third kappa shape index (κ3) is 3.33. The first-order valence-corrected chi connectivity index (χ1v) is 8.94. The van der Waals surface area contributed by atoms with Gasteiger partial charge in [0, 0.05) is 37.7 Å². The van der Waals surface area contributed by atoms with Crippen LogP contribution in [0.3, 0.4) is 0 Å². The third-order valence-corrected chi connectivity index (χ3v) is 5.18. The highest BCUT2D eigenvalue weighted by atomic mass is 15.1. The Morgan fingerprint density at radius 1 is 1.24 bits per heavy atom. The van der Waals surface area contributed by atoms with Crippen molar-refractivity contribution < 1.29 is 0 Å². The monoisotopic (exact) mass is 289 g/mol. The van der Waals surface area contributed by atoms with Crippen LogP contribution < -0.4 is 5.32 Å². The van der Waals surface area contributed by atoms with Crippen LogP contribution in [0.25, 0.3) is 0 Å². The van der Waals surface area contributed by atoms with E-state index in [1.54, 1.807) is 5.69 Å². The van der Waals surface area contributed by atoms with Crippen LogP contribution in [-0.2, 0) is 19.4 Å². The van der Waals surface area contributed by atoms with Crippen molar-refractivity contribution in [2.45, 2.75) is 78.3 Å². The first kappa shape index (κ1) is 15.1. The van der Waals surface area contributed by atoms with E-state index in [-0.39, 0.29) is 0 Å². The number of rotatable bonds is 3. The third-order valence-electron chi connectivity index (χ3n) is 5.18. The summed E-state index contributed by atoms with van der Waals surface area (Å²) in [6, 6.07) is 0.707. The molecule has 21 heavy (non-hydrogen) atoms. The molecule has 1 aliphatic carbocycles. The Labute approximate surface area is 129 Å². The van der Waals surface area contributed by atoms with E-state index in [2.05, 4.69) is 30.7 Å². The summed E-state index contributed by atoms with van der Waals surface area (Å²) in [5, 5.41) is 3.48. The molecule has 2 unspecified atom stereocenters. The molecule has 1 aliphatic heterocycles. The van der Waals surface area contributed by atoms with Crippen molar-refractivity contribution in [3.63, 3.8) is 0 Å². The zero-order valence-corrected chi connectivity index (χ0v) is 14.0. The second-order valence-electron chi connectivity index (χ2n) is 7.58. The predicted octanol–water partition coefficient (Wildman–Crippen LogP) is 3.87. The summed E-state index contributed by atoms with van der Waals surface area (Å²) < 4.78 is 2.67. The van der Waals surface area contributed by atoms with E-state index < -0.39 is 0 Å². The van der Waals surface area contributed by atoms with Crippen LogP contribution in [0, 0.1) is 11.8 Å². The van der Waals surface area contributed by atoms with E-state index in [0.29, 0.717) is 12.0 Å². The number of nitrogens with zero attached hydrogens (tertiary/aromatic N) is 2. The van der Waals surface area contributed by atoms with Gasteiger partial charge in [-0.15, -0.1) is 0 Å². The summed E-state index contributed by atoms with van der Waals surface area (Å²) in [5.74, 6) is 2.95. The van der Waals surface area contributed by atoms with Gasteiger partial charge in [-0.05, 0) is 31.1 Å². The molecule has 2 heterocycles. The van der Waals surface area contributed by atoms with Crippen LogP contribution in [0.15, 0.2) is 0 Å². The van der Waals surface area contributed by atoms with E-state index in [0.717, 1.165) is 31.8 Å². The molecule has 118 valence electrons. The highest BCUT2D eigenvalue weighted by molar-refractivity contribution is 5.22. The highest BCUT2D eigenvalue weighted by Gasteiger charge is 2.26. The molecular weight excluding hydrogens is 258 g/mol. The molecule has 0 spiro atoms. The maximum Gasteiger partial charge on any atom is 0.109 e. The highest BCUT2D eigenvalue weighted by Crippen LogP contribution is 2.34. The van der Waals surface area contributed by atoms with E-state index >= 15 is 0 Å². The molecule has 0 saturated heterocycles. The summed E-state index contributed by atoms with van der Waals surface area (Å²) in [4.78, 5) is 5.02. The number of imidazole rings is 1. The maximum absolute atomic E-state index is 5.02. The molecule has 0 radical (unpaired) electrons. The van der Waals surface area contributed by atoms with Gasteiger partial charge in [-0.3, -0.25) is 0 Å². The van der Waals surface area contributed by atoms with Crippen LogP contribution in [0.2, 0.25) is 0 Å². The van der Waals surface area contributed by atoms with Crippen molar-refractivity contribution in [1.82, 2.24) is 14.9 Å². The van der Waals surface area contributed by atoms with Crippen molar-refractivity contribution >= 4 is 0 Å². The van der Waals surface area contributed by atoms with Crippen LogP contribution in [0.5, 0.6) is 0 Å². The average molecular weight is 289 g/mol. The molecule has 0 bridgehead atoms. The Hall–Kier alpha value is -0.830. The quantitative estimate of drug-likeness (QED) is 0.856. The van der Waals surface area contributed by atoms with Gasteiger partial charge in [0.2, 0.25) is 0 Å². The van der Waals surface area contributed by atoms with Gasteiger partial charge < -0.3 is 9.88 Å². The molecule has 1 aromatic heterocycles. The van der Waals surface area contributed by atoms with Crippen molar-refractivity contribution in [3.8, 4) is 0 Å². The SMILES string of the molecule is CC(C)Cc1nc2c(n1C1CCCC(C)CC1)CCNC2. The minimum Gasteiger partial charge on any atom is -0.329 e. The fourth-order valence-corrected chi connectivity index (χ4v) is 4.05. The van der Waals surface area contributed by atoms with Crippen LogP contribution in [0.4, 0.5) is 0 Å². The van der Waals surface area contributed by atoms with Gasteiger partial charge in [0.25, 0.3) is 0 Å². The Kier molecular flexibility index (Phi) is 4.68. The fourth-order valence-electron chi connectivity index (χ4n) is 4.05. The molecule has 2 atom stereocenters. The molecule has 3 nitrogen and oxygen atoms in total. The molecule has 1 saturated carbocycles. The zero-order chi connectivity index (χ0) is 14.8. The lowest BCUT2D eigenvalue weighted by molar-refractivity contribution is 0.400. The van der Waals surface area contributed by atoms with Crippen molar-refractivity contribution in [1.29, 1.82) is 0 Å². The Bertz CT molecular complexity index is 475. The van der Waals surface area contributed by atoms with Gasteiger partial charge in [-0.1, -0.05) is 33.6 Å². The molecule has 1 fully saturated rings. The molecular formula is C18H31N3. The summed E-state index contributed by atoms with van der Waals surface area (Å²) in [6.45, 7) is 9.13. The lowest BCUT2D eigenvalue weighted by Crippen LogP contribution is -2.26. The average Bonchev–Trinajstić information content (AvgIpc) is 2.65. The Morgan fingerprint density at radius 2 is 2.10 bits per heavy atom. The lowest BCUT2D eigenvalue weighted by Gasteiger charge is -2.24. The largest absolute Gasteiger partial charge is 0.329 e. The number of fused-ring (bicyclic) bond motifs is 1. The van der Waals surface area contributed by atoms with Crippen molar-refractivity contribution in [2.24, 2.45) is 11.8 Å². The van der Waals surface area contributed by atoms with Crippen LogP contribution in [0.1, 0.15) is 76.1 Å². The van der Waals surface area contributed by atoms with Gasteiger partial charge in [-0.2, -0.15) is 0 Å². The molecule has 2 aliphatic rings. The molecule has 3 rings (SSSR count). The first-order valence-electron chi connectivity index (χ1n) is 8.94. The lowest BCUT2D eigenvalue weighted by atomic mass is 10.0. The maximum atomic E-state index is 5.02. The molecule has 0 amide bonds. The topological polar surface area (TPSA) is 29.9 Å². The molecule has 1 aromatic rings. The summed E-state index contributed by atoms with van der Waals surface area (Å²) >= 11 is 0. The minimum absolute atomic E-state index is 0.685. The fraction of sp³-hybridized carbons (Fsp3) is 0.833. The smallest absolute Gasteiger partial charge is 0.109 e. The minimum atomic E-state index is 0.685. The van der Waals surface area contributed by atoms with Crippen molar-refractivity contribution in [3.05, 3.63) is 17.2 Å². The summed E-state index contributed by atoms with van der Waals surface area (Å²) in [5.41, 5.74) is 2.87. The van der Waals surface area contributed by atoms with E-state index in [9.17, 15) is 0 Å². The Balaban J connectivity index is 1.92. The van der Waals surface area contributed by atoms with Crippen molar-refractivity contribution in [2.75, 3.05) is 6.54 Å². The van der Waals surface area contributed by atoms with Gasteiger partial charge >= 0.3 is 0 Å². The van der Waals surface area contributed by atoms with Crippen LogP contribution >= 0.6 is 0 Å². The van der Waals surface area contributed by atoms with Gasteiger partial charge in [0.1, 0.15) is 5.82 Å². The first-order chi connectivity index (χ1) is 10.1. The zero-order valence-electron chi connectivity index (χ0n) is 14.0. The van der Waals surface area contributed by atoms with Gasteiger partial charge in [0.05, 0.1) is 5.69 Å². The van der Waals surface area contributed by atoms with Crippen LogP contribution in [-0.4, -0.2) is 16.1 Å². The summed E-state index contributed by atoms with van der Waals surface area (Å²) in [6.07, 6.45) is 9.17. The number of aromatic nitrogens is 2. The standard InChI is InChI=1S/C18H31N3/c1-13(2)11-18-20-16-12-19-10-9-17(16)21(18)15-6-4-5-14(3)7-8-15/h13-15,19H,4-12H2,1-3H3. The second-order valence-corrected chi connectivity index (χ2v) is 7.58. The number of hydrogen-bond donors (Lipinski definition) is 1. The molecule has 3 heteroatoms. The van der Waals surface area contributed by atoms with Gasteiger partial charge in [0.15, 0.2) is 0 Å².